The summed E-state index contributed by atoms with van der Waals surface area (Å²) in [5.41, 5.74) is 0.448. The first kappa shape index (κ1) is 12.5. The highest BCUT2D eigenvalue weighted by atomic mass is 16.4. The van der Waals surface area contributed by atoms with Crippen LogP contribution in [-0.2, 0) is 11.3 Å². The normalized spacial score (nSPS) is 19.9. The first-order valence-electron chi connectivity index (χ1n) is 5.90. The molecular weight excluding hydrogens is 234 g/mol. The SMILES string of the molecule is CC1CCCN(Cc2ncncc2C(=O)O)C1=O. The van der Waals surface area contributed by atoms with Gasteiger partial charge < -0.3 is 10.0 Å². The molecule has 1 amide bonds. The molecule has 1 fully saturated rings. The first-order valence-corrected chi connectivity index (χ1v) is 5.90. The number of aromatic carboxylic acids is 1. The van der Waals surface area contributed by atoms with Crippen LogP contribution in [0.1, 0.15) is 35.8 Å². The lowest BCUT2D eigenvalue weighted by Gasteiger charge is -2.30. The van der Waals surface area contributed by atoms with Crippen molar-refractivity contribution in [1.29, 1.82) is 0 Å². The van der Waals surface area contributed by atoms with Gasteiger partial charge in [0.05, 0.1) is 12.2 Å². The third kappa shape index (κ3) is 2.47. The molecule has 1 N–H and O–H groups in total. The van der Waals surface area contributed by atoms with Crippen LogP contribution in [0.4, 0.5) is 0 Å². The van der Waals surface area contributed by atoms with Crippen molar-refractivity contribution in [2.45, 2.75) is 26.3 Å². The van der Waals surface area contributed by atoms with Crippen molar-refractivity contribution in [2.75, 3.05) is 6.54 Å². The lowest BCUT2D eigenvalue weighted by molar-refractivity contribution is -0.138. The molecule has 1 aromatic rings. The minimum atomic E-state index is -1.07. The molecule has 1 saturated heterocycles. The van der Waals surface area contributed by atoms with Gasteiger partial charge in [-0.05, 0) is 12.8 Å². The van der Waals surface area contributed by atoms with E-state index in [0.717, 1.165) is 12.8 Å². The maximum atomic E-state index is 11.9. The topological polar surface area (TPSA) is 83.4 Å². The summed E-state index contributed by atoms with van der Waals surface area (Å²) in [6, 6.07) is 0. The molecule has 0 bridgehead atoms. The Morgan fingerprint density at radius 1 is 1.61 bits per heavy atom. The number of nitrogens with zero attached hydrogens (tertiary/aromatic N) is 3. The highest BCUT2D eigenvalue weighted by molar-refractivity contribution is 5.88. The van der Waals surface area contributed by atoms with E-state index in [2.05, 4.69) is 9.97 Å². The Morgan fingerprint density at radius 2 is 2.39 bits per heavy atom. The molecule has 0 saturated carbocycles. The van der Waals surface area contributed by atoms with Gasteiger partial charge in [0.25, 0.3) is 0 Å². The second-order valence-corrected chi connectivity index (χ2v) is 4.49. The van der Waals surface area contributed by atoms with E-state index in [1.165, 1.54) is 12.5 Å². The molecular formula is C12H15N3O3. The standard InChI is InChI=1S/C12H15N3O3/c1-8-3-2-4-15(11(8)16)6-10-9(12(17)18)5-13-7-14-10/h5,7-8H,2-4,6H2,1H3,(H,17,18). The predicted molar refractivity (Wildman–Crippen MR) is 62.8 cm³/mol. The van der Waals surface area contributed by atoms with Crippen LogP contribution >= 0.6 is 0 Å². The predicted octanol–water partition coefficient (Wildman–Crippen LogP) is 0.933. The molecule has 6 heteroatoms. The largest absolute Gasteiger partial charge is 0.478 e. The Bertz CT molecular complexity index is 475. The quantitative estimate of drug-likeness (QED) is 0.861. The third-order valence-electron chi connectivity index (χ3n) is 3.16. The molecule has 2 rings (SSSR count). The Labute approximate surface area is 105 Å². The number of amides is 1. The monoisotopic (exact) mass is 249 g/mol. The summed E-state index contributed by atoms with van der Waals surface area (Å²) in [5.74, 6) is -0.992. The van der Waals surface area contributed by atoms with E-state index < -0.39 is 5.97 Å². The number of carbonyl (C=O) groups excluding carboxylic acids is 1. The van der Waals surface area contributed by atoms with E-state index in [4.69, 9.17) is 5.11 Å². The van der Waals surface area contributed by atoms with Crippen LogP contribution in [0.3, 0.4) is 0 Å². The summed E-state index contributed by atoms with van der Waals surface area (Å²) in [4.78, 5) is 32.3. The van der Waals surface area contributed by atoms with Crippen LogP contribution in [0.5, 0.6) is 0 Å². The zero-order valence-electron chi connectivity index (χ0n) is 10.2. The molecule has 0 aromatic carbocycles. The van der Waals surface area contributed by atoms with Crippen LogP contribution in [-0.4, -0.2) is 38.4 Å². The van der Waals surface area contributed by atoms with Gasteiger partial charge in [0.1, 0.15) is 11.9 Å². The number of rotatable bonds is 3. The second-order valence-electron chi connectivity index (χ2n) is 4.49. The average molecular weight is 249 g/mol. The van der Waals surface area contributed by atoms with Gasteiger partial charge in [-0.1, -0.05) is 6.92 Å². The molecule has 96 valence electrons. The first-order chi connectivity index (χ1) is 8.59. The maximum Gasteiger partial charge on any atom is 0.339 e. The Kier molecular flexibility index (Phi) is 3.55. The molecule has 1 unspecified atom stereocenters. The molecule has 6 nitrogen and oxygen atoms in total. The van der Waals surface area contributed by atoms with Crippen LogP contribution in [0, 0.1) is 5.92 Å². The van der Waals surface area contributed by atoms with E-state index in [1.807, 2.05) is 6.92 Å². The molecule has 2 heterocycles. The number of hydrogen-bond acceptors (Lipinski definition) is 4. The number of carboxylic acid groups (broad SMARTS) is 1. The highest BCUT2D eigenvalue weighted by Gasteiger charge is 2.26. The van der Waals surface area contributed by atoms with Crippen LogP contribution in [0.15, 0.2) is 12.5 Å². The molecule has 0 radical (unpaired) electrons. The van der Waals surface area contributed by atoms with Crippen molar-refractivity contribution >= 4 is 11.9 Å². The second kappa shape index (κ2) is 5.12. The molecule has 1 atom stereocenters. The van der Waals surface area contributed by atoms with Crippen molar-refractivity contribution in [3.8, 4) is 0 Å². The Morgan fingerprint density at radius 3 is 3.11 bits per heavy atom. The summed E-state index contributed by atoms with van der Waals surface area (Å²) in [6.45, 7) is 2.80. The Hall–Kier alpha value is -1.98. The average Bonchev–Trinajstić information content (AvgIpc) is 2.35. The van der Waals surface area contributed by atoms with Gasteiger partial charge in [0.2, 0.25) is 5.91 Å². The minimum absolute atomic E-state index is 0.00821. The van der Waals surface area contributed by atoms with Gasteiger partial charge in [-0.15, -0.1) is 0 Å². The maximum absolute atomic E-state index is 11.9. The van der Waals surface area contributed by atoms with E-state index in [0.29, 0.717) is 12.2 Å². The molecule has 1 aromatic heterocycles. The smallest absolute Gasteiger partial charge is 0.339 e. The number of piperidine rings is 1. The fourth-order valence-corrected chi connectivity index (χ4v) is 2.13. The zero-order valence-corrected chi connectivity index (χ0v) is 10.2. The number of carboxylic acids is 1. The van der Waals surface area contributed by atoms with Crippen molar-refractivity contribution in [3.63, 3.8) is 0 Å². The number of likely N-dealkylation sites (tertiary alicyclic amines) is 1. The van der Waals surface area contributed by atoms with Gasteiger partial charge in [-0.2, -0.15) is 0 Å². The molecule has 0 spiro atoms. The Balaban J connectivity index is 2.18. The zero-order chi connectivity index (χ0) is 13.1. The summed E-state index contributed by atoms with van der Waals surface area (Å²) < 4.78 is 0. The molecule has 1 aliphatic rings. The highest BCUT2D eigenvalue weighted by Crippen LogP contribution is 2.19. The van der Waals surface area contributed by atoms with Crippen molar-refractivity contribution in [3.05, 3.63) is 23.8 Å². The van der Waals surface area contributed by atoms with Crippen LogP contribution < -0.4 is 0 Å². The lowest BCUT2D eigenvalue weighted by Crippen LogP contribution is -2.40. The lowest BCUT2D eigenvalue weighted by atomic mass is 9.99. The summed E-state index contributed by atoms with van der Waals surface area (Å²) >= 11 is 0. The number of aromatic nitrogens is 2. The van der Waals surface area contributed by atoms with Gasteiger partial charge in [-0.3, -0.25) is 4.79 Å². The van der Waals surface area contributed by atoms with Crippen molar-refractivity contribution in [2.24, 2.45) is 5.92 Å². The van der Waals surface area contributed by atoms with Gasteiger partial charge in [-0.25, -0.2) is 14.8 Å². The number of hydrogen-bond donors (Lipinski definition) is 1. The minimum Gasteiger partial charge on any atom is -0.478 e. The van der Waals surface area contributed by atoms with Crippen LogP contribution in [0.25, 0.3) is 0 Å². The van der Waals surface area contributed by atoms with Gasteiger partial charge in [0, 0.05) is 18.7 Å². The number of carbonyl (C=O) groups is 2. The van der Waals surface area contributed by atoms with Gasteiger partial charge in [0.15, 0.2) is 0 Å². The van der Waals surface area contributed by atoms with E-state index in [1.54, 1.807) is 4.90 Å². The van der Waals surface area contributed by atoms with Crippen molar-refractivity contribution in [1.82, 2.24) is 14.9 Å². The summed E-state index contributed by atoms with van der Waals surface area (Å²) in [5, 5.41) is 9.03. The molecule has 18 heavy (non-hydrogen) atoms. The van der Waals surface area contributed by atoms with E-state index in [9.17, 15) is 9.59 Å². The fourth-order valence-electron chi connectivity index (χ4n) is 2.13. The molecule has 0 aliphatic carbocycles. The van der Waals surface area contributed by atoms with E-state index in [-0.39, 0.29) is 23.9 Å². The summed E-state index contributed by atoms with van der Waals surface area (Å²) in [6.07, 6.45) is 4.41. The third-order valence-corrected chi connectivity index (χ3v) is 3.16. The van der Waals surface area contributed by atoms with Gasteiger partial charge >= 0.3 is 5.97 Å². The fraction of sp³-hybridized carbons (Fsp3) is 0.500. The van der Waals surface area contributed by atoms with Crippen molar-refractivity contribution < 1.29 is 14.7 Å². The molecule has 1 aliphatic heterocycles. The van der Waals surface area contributed by atoms with E-state index >= 15 is 0 Å². The summed E-state index contributed by atoms with van der Waals surface area (Å²) in [7, 11) is 0. The van der Waals surface area contributed by atoms with Crippen LogP contribution in [0.2, 0.25) is 0 Å².